The fourth-order valence-electron chi connectivity index (χ4n) is 2.92. The molecule has 0 saturated carbocycles. The average molecular weight is 413 g/mol. The summed E-state index contributed by atoms with van der Waals surface area (Å²) in [6, 6.07) is 8.17. The van der Waals surface area contributed by atoms with Crippen molar-refractivity contribution in [3.63, 3.8) is 0 Å². The fraction of sp³-hybridized carbons (Fsp3) is 0.278. The summed E-state index contributed by atoms with van der Waals surface area (Å²) in [4.78, 5) is 14.0. The van der Waals surface area contributed by atoms with Crippen molar-refractivity contribution in [1.82, 2.24) is 9.21 Å². The number of para-hydroxylation sites is 1. The molecule has 0 radical (unpaired) electrons. The molecule has 1 saturated heterocycles. The van der Waals surface area contributed by atoms with Gasteiger partial charge in [0.1, 0.15) is 11.6 Å². The van der Waals surface area contributed by atoms with Crippen LogP contribution in [0.3, 0.4) is 0 Å². The third-order valence-corrected chi connectivity index (χ3v) is 6.71. The summed E-state index contributed by atoms with van der Waals surface area (Å²) in [6.45, 7) is 2.25. The van der Waals surface area contributed by atoms with E-state index in [1.807, 2.05) is 0 Å². The van der Waals surface area contributed by atoms with Gasteiger partial charge >= 0.3 is 0 Å². The molecular formula is C18H18ClFN2O4S. The summed E-state index contributed by atoms with van der Waals surface area (Å²) in [5, 5.41) is 9.82. The first-order chi connectivity index (χ1) is 12.7. The summed E-state index contributed by atoms with van der Waals surface area (Å²) in [5.41, 5.74) is 0.784. The number of aryl methyl sites for hydroxylation is 1. The smallest absolute Gasteiger partial charge is 0.257 e. The average Bonchev–Trinajstić information content (AvgIpc) is 2.65. The molecule has 1 fully saturated rings. The molecule has 1 amide bonds. The minimum absolute atomic E-state index is 0.0708. The van der Waals surface area contributed by atoms with E-state index in [0.29, 0.717) is 5.56 Å². The number of sulfonamides is 1. The number of carbonyl (C=O) groups excluding carboxylic acids is 1. The molecule has 0 aromatic heterocycles. The molecule has 6 nitrogen and oxygen atoms in total. The SMILES string of the molecule is Cc1cccc(C(=O)N2CCN(S(=O)(=O)c3ccc(F)c(Cl)c3)CC2)c1O. The van der Waals surface area contributed by atoms with Crippen LogP contribution in [0, 0.1) is 12.7 Å². The highest BCUT2D eigenvalue weighted by atomic mass is 35.5. The van der Waals surface area contributed by atoms with E-state index in [1.54, 1.807) is 19.1 Å². The first-order valence-electron chi connectivity index (χ1n) is 8.25. The van der Waals surface area contributed by atoms with E-state index in [1.165, 1.54) is 21.3 Å². The minimum Gasteiger partial charge on any atom is -0.507 e. The van der Waals surface area contributed by atoms with Gasteiger partial charge < -0.3 is 10.0 Å². The van der Waals surface area contributed by atoms with Crippen LogP contribution in [0.15, 0.2) is 41.3 Å². The first kappa shape index (κ1) is 19.6. The van der Waals surface area contributed by atoms with Gasteiger partial charge in [-0.25, -0.2) is 12.8 Å². The van der Waals surface area contributed by atoms with E-state index < -0.39 is 15.8 Å². The van der Waals surface area contributed by atoms with Crippen molar-refractivity contribution in [1.29, 1.82) is 0 Å². The van der Waals surface area contributed by atoms with Gasteiger partial charge in [0.2, 0.25) is 10.0 Å². The van der Waals surface area contributed by atoms with Crippen molar-refractivity contribution in [3.8, 4) is 5.75 Å². The molecule has 1 aliphatic heterocycles. The molecule has 1 N–H and O–H groups in total. The van der Waals surface area contributed by atoms with Gasteiger partial charge in [-0.2, -0.15) is 4.31 Å². The van der Waals surface area contributed by atoms with Gasteiger partial charge in [0.05, 0.1) is 15.5 Å². The summed E-state index contributed by atoms with van der Waals surface area (Å²) >= 11 is 5.68. The molecule has 27 heavy (non-hydrogen) atoms. The number of rotatable bonds is 3. The van der Waals surface area contributed by atoms with Crippen LogP contribution in [0.4, 0.5) is 4.39 Å². The number of benzene rings is 2. The second kappa shape index (κ2) is 7.46. The van der Waals surface area contributed by atoms with Gasteiger partial charge in [0, 0.05) is 26.2 Å². The van der Waals surface area contributed by atoms with Crippen LogP contribution in [0.1, 0.15) is 15.9 Å². The molecule has 0 atom stereocenters. The Balaban J connectivity index is 1.74. The molecule has 0 spiro atoms. The Morgan fingerprint density at radius 2 is 1.81 bits per heavy atom. The maximum absolute atomic E-state index is 13.3. The first-order valence-corrected chi connectivity index (χ1v) is 10.1. The van der Waals surface area contributed by atoms with E-state index in [0.717, 1.165) is 12.1 Å². The number of halogens is 2. The second-order valence-corrected chi connectivity index (χ2v) is 8.59. The van der Waals surface area contributed by atoms with Crippen LogP contribution in [-0.4, -0.2) is 54.8 Å². The lowest BCUT2D eigenvalue weighted by atomic mass is 10.1. The molecule has 1 aliphatic rings. The van der Waals surface area contributed by atoms with Gasteiger partial charge in [0.25, 0.3) is 5.91 Å². The largest absolute Gasteiger partial charge is 0.507 e. The van der Waals surface area contributed by atoms with Gasteiger partial charge in [-0.1, -0.05) is 23.7 Å². The Bertz CT molecular complexity index is 989. The van der Waals surface area contributed by atoms with E-state index in [4.69, 9.17) is 11.6 Å². The van der Waals surface area contributed by atoms with Crippen LogP contribution in [0.25, 0.3) is 0 Å². The molecule has 2 aromatic rings. The third kappa shape index (κ3) is 3.78. The molecule has 3 rings (SSSR count). The fourth-order valence-corrected chi connectivity index (χ4v) is 4.61. The topological polar surface area (TPSA) is 77.9 Å². The lowest BCUT2D eigenvalue weighted by Crippen LogP contribution is -2.50. The predicted octanol–water partition coefficient (Wildman–Crippen LogP) is 2.64. The van der Waals surface area contributed by atoms with E-state index in [-0.39, 0.29) is 53.3 Å². The van der Waals surface area contributed by atoms with Crippen molar-refractivity contribution >= 4 is 27.5 Å². The van der Waals surface area contributed by atoms with Crippen molar-refractivity contribution in [3.05, 3.63) is 58.4 Å². The Labute approximate surface area is 161 Å². The van der Waals surface area contributed by atoms with Crippen LogP contribution in [-0.2, 0) is 10.0 Å². The zero-order chi connectivity index (χ0) is 19.8. The highest BCUT2D eigenvalue weighted by molar-refractivity contribution is 7.89. The maximum Gasteiger partial charge on any atom is 0.257 e. The van der Waals surface area contributed by atoms with Crippen molar-refractivity contribution in [2.24, 2.45) is 0 Å². The Morgan fingerprint density at radius 3 is 2.44 bits per heavy atom. The van der Waals surface area contributed by atoms with Crippen LogP contribution >= 0.6 is 11.6 Å². The van der Waals surface area contributed by atoms with E-state index in [9.17, 15) is 22.7 Å². The van der Waals surface area contributed by atoms with Gasteiger partial charge in [-0.05, 0) is 36.8 Å². The number of carbonyl (C=O) groups is 1. The number of amides is 1. The molecule has 1 heterocycles. The number of nitrogens with zero attached hydrogens (tertiary/aromatic N) is 2. The van der Waals surface area contributed by atoms with Crippen molar-refractivity contribution < 1.29 is 22.7 Å². The lowest BCUT2D eigenvalue weighted by Gasteiger charge is -2.34. The monoisotopic (exact) mass is 412 g/mol. The summed E-state index contributed by atoms with van der Waals surface area (Å²) in [5.74, 6) is -1.11. The quantitative estimate of drug-likeness (QED) is 0.840. The number of phenolic OH excluding ortho intramolecular Hbond substituents is 1. The molecule has 0 aliphatic carbocycles. The lowest BCUT2D eigenvalue weighted by molar-refractivity contribution is 0.0694. The Morgan fingerprint density at radius 1 is 1.15 bits per heavy atom. The highest BCUT2D eigenvalue weighted by Crippen LogP contribution is 2.25. The van der Waals surface area contributed by atoms with Crippen LogP contribution in [0.2, 0.25) is 5.02 Å². The number of hydrogen-bond acceptors (Lipinski definition) is 4. The van der Waals surface area contributed by atoms with Gasteiger partial charge in [0.15, 0.2) is 0 Å². The summed E-state index contributed by atoms with van der Waals surface area (Å²) in [7, 11) is -3.84. The predicted molar refractivity (Wildman–Crippen MR) is 98.9 cm³/mol. The molecule has 2 aromatic carbocycles. The van der Waals surface area contributed by atoms with Crippen molar-refractivity contribution in [2.75, 3.05) is 26.2 Å². The molecular weight excluding hydrogens is 395 g/mol. The second-order valence-electron chi connectivity index (χ2n) is 6.24. The summed E-state index contributed by atoms with van der Waals surface area (Å²) < 4.78 is 39.9. The summed E-state index contributed by atoms with van der Waals surface area (Å²) in [6.07, 6.45) is 0. The number of phenols is 1. The van der Waals surface area contributed by atoms with E-state index >= 15 is 0 Å². The third-order valence-electron chi connectivity index (χ3n) is 4.52. The Kier molecular flexibility index (Phi) is 5.41. The minimum atomic E-state index is -3.84. The zero-order valence-electron chi connectivity index (χ0n) is 14.5. The zero-order valence-corrected chi connectivity index (χ0v) is 16.1. The van der Waals surface area contributed by atoms with Crippen LogP contribution < -0.4 is 0 Å². The standard InChI is InChI=1S/C18H18ClFN2O4S/c1-12-3-2-4-14(17(12)23)18(24)21-7-9-22(10-8-21)27(25,26)13-5-6-16(20)15(19)11-13/h2-6,11,23H,7-10H2,1H3. The Hall–Kier alpha value is -2.16. The maximum atomic E-state index is 13.3. The number of aromatic hydroxyl groups is 1. The molecule has 0 unspecified atom stereocenters. The van der Waals surface area contributed by atoms with Crippen LogP contribution in [0.5, 0.6) is 5.75 Å². The highest BCUT2D eigenvalue weighted by Gasteiger charge is 2.31. The van der Waals surface area contributed by atoms with Gasteiger partial charge in [-0.15, -0.1) is 0 Å². The number of piperazine rings is 1. The molecule has 0 bridgehead atoms. The number of hydrogen-bond donors (Lipinski definition) is 1. The van der Waals surface area contributed by atoms with Crippen molar-refractivity contribution in [2.45, 2.75) is 11.8 Å². The molecule has 144 valence electrons. The molecule has 9 heteroatoms. The van der Waals surface area contributed by atoms with Gasteiger partial charge in [-0.3, -0.25) is 4.79 Å². The van der Waals surface area contributed by atoms with E-state index in [2.05, 4.69) is 0 Å². The normalized spacial score (nSPS) is 15.7.